The first-order valence-corrected chi connectivity index (χ1v) is 8.58. The summed E-state index contributed by atoms with van der Waals surface area (Å²) in [6.45, 7) is 2.59. The topological polar surface area (TPSA) is 76.9 Å². The van der Waals surface area contributed by atoms with E-state index in [2.05, 4.69) is 15.5 Å². The minimum atomic E-state index is -0.129. The van der Waals surface area contributed by atoms with E-state index in [-0.39, 0.29) is 12.5 Å². The number of methoxy groups -OCH3 is 1. The van der Waals surface area contributed by atoms with Crippen LogP contribution in [0.4, 0.5) is 0 Å². The molecule has 2 heterocycles. The van der Waals surface area contributed by atoms with Crippen LogP contribution in [-0.2, 0) is 24.9 Å². The molecule has 1 aromatic carbocycles. The Balaban J connectivity index is 1.73. The van der Waals surface area contributed by atoms with Crippen molar-refractivity contribution >= 4 is 18.1 Å². The zero-order chi connectivity index (χ0) is 18.7. The number of aromatic amines is 1. The predicted molar refractivity (Wildman–Crippen MR) is 101 cm³/mol. The van der Waals surface area contributed by atoms with Gasteiger partial charge in [0, 0.05) is 24.0 Å². The van der Waals surface area contributed by atoms with Gasteiger partial charge < -0.3 is 14.6 Å². The van der Waals surface area contributed by atoms with Gasteiger partial charge in [0.05, 0.1) is 13.7 Å². The third-order valence-corrected chi connectivity index (χ3v) is 4.66. The quantitative estimate of drug-likeness (QED) is 0.653. The van der Waals surface area contributed by atoms with Gasteiger partial charge in [-0.3, -0.25) is 14.5 Å². The lowest BCUT2D eigenvalue weighted by molar-refractivity contribution is -0.121. The van der Waals surface area contributed by atoms with Gasteiger partial charge in [-0.25, -0.2) is 0 Å². The lowest BCUT2D eigenvalue weighted by atomic mass is 10.2. The minimum absolute atomic E-state index is 0.0973. The second-order valence-corrected chi connectivity index (χ2v) is 6.36. The summed E-state index contributed by atoms with van der Waals surface area (Å²) in [5.74, 6) is 1.24. The van der Waals surface area contributed by atoms with E-state index in [0.29, 0.717) is 17.1 Å². The Kier molecular flexibility index (Phi) is 5.22. The van der Waals surface area contributed by atoms with Gasteiger partial charge in [0.15, 0.2) is 10.6 Å². The molecular weight excluding hydrogens is 350 g/mol. The number of nitrogens with one attached hydrogen (secondary N) is 2. The number of nitrogens with zero attached hydrogens (tertiary/aromatic N) is 3. The van der Waals surface area contributed by atoms with Gasteiger partial charge in [-0.05, 0) is 55.5 Å². The number of aryl methyl sites for hydroxylation is 1. The zero-order valence-electron chi connectivity index (χ0n) is 14.9. The van der Waals surface area contributed by atoms with Crippen molar-refractivity contribution in [2.45, 2.75) is 20.0 Å². The molecule has 0 spiro atoms. The molecule has 2 N–H and O–H groups in total. The molecule has 2 aromatic heterocycles. The maximum atomic E-state index is 12.4. The molecule has 0 atom stereocenters. The van der Waals surface area contributed by atoms with E-state index in [0.717, 1.165) is 22.7 Å². The smallest absolute Gasteiger partial charge is 0.240 e. The highest BCUT2D eigenvalue weighted by Crippen LogP contribution is 2.20. The van der Waals surface area contributed by atoms with Gasteiger partial charge in [0.2, 0.25) is 5.91 Å². The van der Waals surface area contributed by atoms with Crippen molar-refractivity contribution in [1.82, 2.24) is 24.6 Å². The number of carbonyl (C=O) groups excluding carboxylic acids is 1. The summed E-state index contributed by atoms with van der Waals surface area (Å²) in [4.78, 5) is 12.4. The van der Waals surface area contributed by atoms with E-state index in [1.54, 1.807) is 11.7 Å². The Labute approximate surface area is 156 Å². The average Bonchev–Trinajstić information content (AvgIpc) is 3.17. The molecule has 3 aromatic rings. The van der Waals surface area contributed by atoms with E-state index in [9.17, 15) is 4.79 Å². The van der Waals surface area contributed by atoms with Crippen LogP contribution in [0.2, 0.25) is 0 Å². The highest BCUT2D eigenvalue weighted by molar-refractivity contribution is 7.71. The summed E-state index contributed by atoms with van der Waals surface area (Å²) < 4.78 is 9.30. The number of hydrogen-bond donors (Lipinski definition) is 2. The first kappa shape index (κ1) is 17.9. The molecule has 0 saturated heterocycles. The number of benzene rings is 1. The first-order chi connectivity index (χ1) is 12.5. The maximum Gasteiger partial charge on any atom is 0.240 e. The number of aromatic nitrogens is 4. The molecule has 0 aliphatic rings. The average molecular weight is 371 g/mol. The normalized spacial score (nSPS) is 10.7. The first-order valence-electron chi connectivity index (χ1n) is 8.17. The highest BCUT2D eigenvalue weighted by Gasteiger charge is 2.13. The molecule has 0 aliphatic heterocycles. The van der Waals surface area contributed by atoms with Crippen molar-refractivity contribution in [2.24, 2.45) is 7.05 Å². The molecule has 0 unspecified atom stereocenters. The van der Waals surface area contributed by atoms with E-state index in [1.165, 1.54) is 0 Å². The van der Waals surface area contributed by atoms with Gasteiger partial charge in [-0.1, -0.05) is 0 Å². The molecular formula is C18H21N5O2S. The summed E-state index contributed by atoms with van der Waals surface area (Å²) in [7, 11) is 3.59. The number of hydrogen-bond acceptors (Lipinski definition) is 4. The number of ether oxygens (including phenoxy) is 1. The monoisotopic (exact) mass is 371 g/mol. The van der Waals surface area contributed by atoms with Crippen LogP contribution in [0.1, 0.15) is 11.4 Å². The van der Waals surface area contributed by atoms with Crippen molar-refractivity contribution in [2.75, 3.05) is 7.11 Å². The Morgan fingerprint density at radius 1 is 1.27 bits per heavy atom. The van der Waals surface area contributed by atoms with Crippen LogP contribution in [0.5, 0.6) is 5.75 Å². The molecule has 8 heteroatoms. The lowest BCUT2D eigenvalue weighted by Gasteiger charge is -2.10. The van der Waals surface area contributed by atoms with Crippen molar-refractivity contribution < 1.29 is 9.53 Å². The Bertz CT molecular complexity index is 968. The van der Waals surface area contributed by atoms with Gasteiger partial charge in [-0.15, -0.1) is 0 Å². The molecule has 0 saturated carbocycles. The van der Waals surface area contributed by atoms with Gasteiger partial charge in [0.1, 0.15) is 12.3 Å². The fraction of sp³-hybridized carbons (Fsp3) is 0.278. The SMILES string of the molecule is COc1ccc(-c2n[nH]c(=S)n2CC(=O)NCc2ccc(C)n2C)cc1. The second-order valence-electron chi connectivity index (χ2n) is 5.97. The van der Waals surface area contributed by atoms with Crippen LogP contribution >= 0.6 is 12.2 Å². The van der Waals surface area contributed by atoms with Crippen molar-refractivity contribution in [1.29, 1.82) is 0 Å². The molecule has 0 radical (unpaired) electrons. The summed E-state index contributed by atoms with van der Waals surface area (Å²) in [6.07, 6.45) is 0. The fourth-order valence-electron chi connectivity index (χ4n) is 2.66. The third-order valence-electron chi connectivity index (χ3n) is 4.35. The third kappa shape index (κ3) is 3.70. The van der Waals surface area contributed by atoms with E-state index in [4.69, 9.17) is 17.0 Å². The summed E-state index contributed by atoms with van der Waals surface area (Å²) in [5, 5.41) is 9.93. The largest absolute Gasteiger partial charge is 0.497 e. The Morgan fingerprint density at radius 3 is 2.62 bits per heavy atom. The van der Waals surface area contributed by atoms with Crippen molar-refractivity contribution in [3.8, 4) is 17.1 Å². The van der Waals surface area contributed by atoms with Crippen LogP contribution in [0.3, 0.4) is 0 Å². The van der Waals surface area contributed by atoms with Crippen LogP contribution < -0.4 is 10.1 Å². The minimum Gasteiger partial charge on any atom is -0.497 e. The molecule has 0 aliphatic carbocycles. The van der Waals surface area contributed by atoms with Crippen LogP contribution in [-0.4, -0.2) is 32.3 Å². The van der Waals surface area contributed by atoms with Gasteiger partial charge >= 0.3 is 0 Å². The standard InChI is InChI=1S/C18H21N5O2S/c1-12-4-7-14(22(12)2)10-19-16(24)11-23-17(20-21-18(23)26)13-5-8-15(25-3)9-6-13/h4-9H,10-11H2,1-3H3,(H,19,24)(H,21,26). The van der Waals surface area contributed by atoms with Crippen LogP contribution in [0, 0.1) is 11.7 Å². The zero-order valence-corrected chi connectivity index (χ0v) is 15.8. The van der Waals surface area contributed by atoms with E-state index >= 15 is 0 Å². The van der Waals surface area contributed by atoms with Crippen molar-refractivity contribution in [3.05, 3.63) is 52.6 Å². The predicted octanol–water partition coefficient (Wildman–Crippen LogP) is 2.58. The number of amides is 1. The molecule has 1 amide bonds. The summed E-state index contributed by atoms with van der Waals surface area (Å²) in [5.41, 5.74) is 3.04. The number of H-pyrrole nitrogens is 1. The lowest BCUT2D eigenvalue weighted by Crippen LogP contribution is -2.28. The molecule has 3 rings (SSSR count). The Morgan fingerprint density at radius 2 is 2.00 bits per heavy atom. The number of carbonyl (C=O) groups is 1. The van der Waals surface area contributed by atoms with Crippen molar-refractivity contribution in [3.63, 3.8) is 0 Å². The maximum absolute atomic E-state index is 12.4. The fourth-order valence-corrected chi connectivity index (χ4v) is 2.85. The molecule has 136 valence electrons. The molecule has 0 fully saturated rings. The van der Waals surface area contributed by atoms with E-state index < -0.39 is 0 Å². The second kappa shape index (κ2) is 7.57. The van der Waals surface area contributed by atoms with Gasteiger partial charge in [0.25, 0.3) is 0 Å². The van der Waals surface area contributed by atoms with E-state index in [1.807, 2.05) is 54.9 Å². The Hall–Kier alpha value is -2.87. The molecule has 26 heavy (non-hydrogen) atoms. The highest BCUT2D eigenvalue weighted by atomic mass is 32.1. The summed E-state index contributed by atoms with van der Waals surface area (Å²) in [6, 6.07) is 11.5. The molecule has 0 bridgehead atoms. The summed E-state index contributed by atoms with van der Waals surface area (Å²) >= 11 is 5.28. The number of rotatable bonds is 6. The van der Waals surface area contributed by atoms with Crippen LogP contribution in [0.15, 0.2) is 36.4 Å². The molecule has 7 nitrogen and oxygen atoms in total. The van der Waals surface area contributed by atoms with Crippen LogP contribution in [0.25, 0.3) is 11.4 Å². The van der Waals surface area contributed by atoms with Gasteiger partial charge in [-0.2, -0.15) is 5.10 Å².